The Labute approximate surface area is 171 Å². The monoisotopic (exact) mass is 392 g/mol. The summed E-state index contributed by atoms with van der Waals surface area (Å²) in [6, 6.07) is 12.1. The number of hydrogen-bond donors (Lipinski definition) is 1. The zero-order valence-corrected chi connectivity index (χ0v) is 16.7. The van der Waals surface area contributed by atoms with E-state index in [9.17, 15) is 9.90 Å². The molecule has 1 saturated carbocycles. The van der Waals surface area contributed by atoms with Crippen LogP contribution in [-0.2, 0) is 10.2 Å². The molecule has 1 atom stereocenters. The van der Waals surface area contributed by atoms with E-state index in [0.717, 1.165) is 63.4 Å². The molecule has 1 aromatic heterocycles. The number of benzene rings is 1. The highest BCUT2D eigenvalue weighted by Crippen LogP contribution is 2.51. The molecule has 0 bridgehead atoms. The smallest absolute Gasteiger partial charge is 0.233 e. The van der Waals surface area contributed by atoms with E-state index in [1.165, 1.54) is 0 Å². The number of nitrogens with zero attached hydrogens (tertiary/aromatic N) is 4. The normalized spacial score (nSPS) is 24.7. The summed E-state index contributed by atoms with van der Waals surface area (Å²) in [5.41, 5.74) is 0.905. The third kappa shape index (κ3) is 3.10. The maximum atomic E-state index is 13.4. The van der Waals surface area contributed by atoms with Gasteiger partial charge in [-0.05, 0) is 42.7 Å². The molecule has 1 spiro atoms. The Balaban J connectivity index is 1.29. The van der Waals surface area contributed by atoms with E-state index in [1.54, 1.807) is 12.4 Å². The van der Waals surface area contributed by atoms with Crippen LogP contribution in [0.25, 0.3) is 0 Å². The molecule has 29 heavy (non-hydrogen) atoms. The first kappa shape index (κ1) is 18.6. The van der Waals surface area contributed by atoms with E-state index in [4.69, 9.17) is 0 Å². The molecule has 6 nitrogen and oxygen atoms in total. The topological polar surface area (TPSA) is 69.6 Å². The Morgan fingerprint density at radius 2 is 1.72 bits per heavy atom. The van der Waals surface area contributed by atoms with Crippen LogP contribution in [0.15, 0.2) is 48.8 Å². The molecule has 1 amide bonds. The zero-order valence-electron chi connectivity index (χ0n) is 16.7. The molecular formula is C23H28N4O2. The van der Waals surface area contributed by atoms with Crippen LogP contribution in [0.1, 0.15) is 31.2 Å². The lowest BCUT2D eigenvalue weighted by atomic mass is 9.71. The molecule has 1 aliphatic carbocycles. The van der Waals surface area contributed by atoms with Gasteiger partial charge in [0.1, 0.15) is 0 Å². The number of rotatable bonds is 4. The van der Waals surface area contributed by atoms with Gasteiger partial charge in [-0.15, -0.1) is 0 Å². The van der Waals surface area contributed by atoms with Crippen LogP contribution >= 0.6 is 0 Å². The van der Waals surface area contributed by atoms with Crippen molar-refractivity contribution in [3.63, 3.8) is 0 Å². The number of carbonyl (C=O) groups is 1. The molecule has 3 fully saturated rings. The predicted octanol–water partition coefficient (Wildman–Crippen LogP) is 2.25. The van der Waals surface area contributed by atoms with Crippen LogP contribution in [0.3, 0.4) is 0 Å². The Morgan fingerprint density at radius 3 is 2.34 bits per heavy atom. The van der Waals surface area contributed by atoms with Gasteiger partial charge in [0.15, 0.2) is 0 Å². The molecule has 0 radical (unpaired) electrons. The molecule has 3 heterocycles. The highest BCUT2D eigenvalue weighted by molar-refractivity contribution is 5.91. The van der Waals surface area contributed by atoms with E-state index in [0.29, 0.717) is 5.91 Å². The lowest BCUT2D eigenvalue weighted by Crippen LogP contribution is -2.49. The standard InChI is InChI=1S/C23H28N4O2/c28-16-19-15-27(21-24-11-4-12-25-21)17-22(19)9-13-26(14-10-22)20(29)23(7-8-23)18-5-2-1-3-6-18/h1-6,11-12,19,28H,7-10,13-17H2. The van der Waals surface area contributed by atoms with Crippen molar-refractivity contribution in [2.24, 2.45) is 11.3 Å². The van der Waals surface area contributed by atoms with Crippen molar-refractivity contribution in [3.8, 4) is 0 Å². The molecule has 3 aliphatic rings. The van der Waals surface area contributed by atoms with E-state index < -0.39 is 0 Å². The molecule has 2 saturated heterocycles. The molecule has 5 rings (SSSR count). The summed E-state index contributed by atoms with van der Waals surface area (Å²) in [5, 5.41) is 10.1. The van der Waals surface area contributed by atoms with Gasteiger partial charge in [0.05, 0.1) is 5.41 Å². The maximum Gasteiger partial charge on any atom is 0.233 e. The largest absolute Gasteiger partial charge is 0.396 e. The SMILES string of the molecule is O=C(N1CCC2(CC1)CN(c1ncccn1)CC2CO)C1(c2ccccc2)CC1. The van der Waals surface area contributed by atoms with Crippen molar-refractivity contribution in [1.29, 1.82) is 0 Å². The van der Waals surface area contributed by atoms with Gasteiger partial charge in [0.2, 0.25) is 11.9 Å². The lowest BCUT2D eigenvalue weighted by molar-refractivity contribution is -0.136. The minimum Gasteiger partial charge on any atom is -0.396 e. The van der Waals surface area contributed by atoms with E-state index in [1.807, 2.05) is 24.3 Å². The Bertz CT molecular complexity index is 861. The minimum absolute atomic E-state index is 0.0359. The van der Waals surface area contributed by atoms with E-state index in [-0.39, 0.29) is 23.4 Å². The van der Waals surface area contributed by atoms with E-state index >= 15 is 0 Å². The van der Waals surface area contributed by atoms with Gasteiger partial charge in [0, 0.05) is 51.1 Å². The second-order valence-electron chi connectivity index (χ2n) is 8.91. The average Bonchev–Trinajstić information content (AvgIpc) is 3.53. The summed E-state index contributed by atoms with van der Waals surface area (Å²) in [4.78, 5) is 26.4. The molecular weight excluding hydrogens is 364 g/mol. The van der Waals surface area contributed by atoms with Gasteiger partial charge in [-0.3, -0.25) is 4.79 Å². The van der Waals surface area contributed by atoms with Crippen LogP contribution in [-0.4, -0.2) is 58.7 Å². The van der Waals surface area contributed by atoms with Gasteiger partial charge in [-0.1, -0.05) is 30.3 Å². The molecule has 6 heteroatoms. The fraction of sp³-hybridized carbons (Fsp3) is 0.522. The van der Waals surface area contributed by atoms with Gasteiger partial charge >= 0.3 is 0 Å². The van der Waals surface area contributed by atoms with Crippen LogP contribution in [0.5, 0.6) is 0 Å². The van der Waals surface area contributed by atoms with Crippen LogP contribution in [0.2, 0.25) is 0 Å². The number of hydrogen-bond acceptors (Lipinski definition) is 5. The minimum atomic E-state index is -0.290. The van der Waals surface area contributed by atoms with Gasteiger partial charge in [-0.25, -0.2) is 9.97 Å². The van der Waals surface area contributed by atoms with Crippen LogP contribution in [0.4, 0.5) is 5.95 Å². The van der Waals surface area contributed by atoms with Crippen LogP contribution in [0, 0.1) is 11.3 Å². The summed E-state index contributed by atoms with van der Waals surface area (Å²) in [5.74, 6) is 1.23. The number of anilines is 1. The summed E-state index contributed by atoms with van der Waals surface area (Å²) in [6.45, 7) is 3.35. The second-order valence-corrected chi connectivity index (χ2v) is 8.91. The summed E-state index contributed by atoms with van der Waals surface area (Å²) in [6.07, 6.45) is 7.30. The van der Waals surface area contributed by atoms with Crippen molar-refractivity contribution in [3.05, 3.63) is 54.4 Å². The van der Waals surface area contributed by atoms with Gasteiger partial charge in [0.25, 0.3) is 0 Å². The number of aromatic nitrogens is 2. The first-order valence-electron chi connectivity index (χ1n) is 10.6. The molecule has 1 aromatic carbocycles. The maximum absolute atomic E-state index is 13.4. The third-order valence-electron chi connectivity index (χ3n) is 7.40. The van der Waals surface area contributed by atoms with Crippen molar-refractivity contribution < 1.29 is 9.90 Å². The summed E-state index contributed by atoms with van der Waals surface area (Å²) in [7, 11) is 0. The number of aliphatic hydroxyl groups excluding tert-OH is 1. The van der Waals surface area contributed by atoms with Crippen LogP contribution < -0.4 is 4.90 Å². The van der Waals surface area contributed by atoms with E-state index in [2.05, 4.69) is 31.9 Å². The number of carbonyl (C=O) groups excluding carboxylic acids is 1. The molecule has 1 unspecified atom stereocenters. The lowest BCUT2D eigenvalue weighted by Gasteiger charge is -2.43. The summed E-state index contributed by atoms with van der Waals surface area (Å²) >= 11 is 0. The predicted molar refractivity (Wildman–Crippen MR) is 110 cm³/mol. The first-order valence-corrected chi connectivity index (χ1v) is 10.6. The average molecular weight is 393 g/mol. The molecule has 152 valence electrons. The van der Waals surface area contributed by atoms with Crippen molar-refractivity contribution in [1.82, 2.24) is 14.9 Å². The zero-order chi connectivity index (χ0) is 19.9. The van der Waals surface area contributed by atoms with Crippen molar-refractivity contribution in [2.75, 3.05) is 37.7 Å². The first-order chi connectivity index (χ1) is 14.2. The number of amides is 1. The second kappa shape index (κ2) is 7.10. The van der Waals surface area contributed by atoms with Crippen molar-refractivity contribution >= 4 is 11.9 Å². The third-order valence-corrected chi connectivity index (χ3v) is 7.40. The Kier molecular flexibility index (Phi) is 4.54. The number of likely N-dealkylation sites (tertiary alicyclic amines) is 1. The number of aliphatic hydroxyl groups is 1. The highest BCUT2D eigenvalue weighted by atomic mass is 16.3. The van der Waals surface area contributed by atoms with Gasteiger partial charge in [-0.2, -0.15) is 0 Å². The fourth-order valence-electron chi connectivity index (χ4n) is 5.42. The van der Waals surface area contributed by atoms with Gasteiger partial charge < -0.3 is 14.9 Å². The molecule has 2 aromatic rings. The summed E-state index contributed by atoms with van der Waals surface area (Å²) < 4.78 is 0. The quantitative estimate of drug-likeness (QED) is 0.864. The highest BCUT2D eigenvalue weighted by Gasteiger charge is 2.55. The molecule has 2 aliphatic heterocycles. The Morgan fingerprint density at radius 1 is 1.03 bits per heavy atom. The molecule has 1 N–H and O–H groups in total. The fourth-order valence-corrected chi connectivity index (χ4v) is 5.42. The van der Waals surface area contributed by atoms with Crippen molar-refractivity contribution in [2.45, 2.75) is 31.1 Å². The number of piperidine rings is 1. The Hall–Kier alpha value is -2.47.